The summed E-state index contributed by atoms with van der Waals surface area (Å²) in [5.74, 6) is 0.768. The van der Waals surface area contributed by atoms with Crippen molar-refractivity contribution in [3.05, 3.63) is 35.4 Å². The van der Waals surface area contributed by atoms with Crippen LogP contribution in [0.1, 0.15) is 36.5 Å². The van der Waals surface area contributed by atoms with Crippen LogP contribution in [-0.4, -0.2) is 17.8 Å². The van der Waals surface area contributed by atoms with Gasteiger partial charge in [-0.05, 0) is 42.7 Å². The number of hydrogen-bond donors (Lipinski definition) is 1. The first kappa shape index (κ1) is 10.3. The molecule has 2 aliphatic rings. The molecule has 2 heteroatoms. The van der Waals surface area contributed by atoms with Crippen molar-refractivity contribution in [2.24, 2.45) is 5.92 Å². The van der Waals surface area contributed by atoms with Gasteiger partial charge in [-0.15, -0.1) is 0 Å². The molecule has 1 saturated carbocycles. The topological polar surface area (TPSA) is 29.5 Å². The van der Waals surface area contributed by atoms with Crippen LogP contribution in [0.4, 0.5) is 0 Å². The fraction of sp³-hybridized carbons (Fsp3) is 0.571. The van der Waals surface area contributed by atoms with Gasteiger partial charge in [0.05, 0.1) is 6.10 Å². The first-order valence-electron chi connectivity index (χ1n) is 6.22. The predicted octanol–water partition coefficient (Wildman–Crippen LogP) is 2.46. The number of rotatable bonds is 3. The third kappa shape index (κ3) is 2.00. The van der Waals surface area contributed by atoms with Gasteiger partial charge < -0.3 is 9.84 Å². The summed E-state index contributed by atoms with van der Waals surface area (Å²) in [7, 11) is 0. The van der Waals surface area contributed by atoms with Crippen LogP contribution < -0.4 is 0 Å². The molecule has 2 atom stereocenters. The smallest absolute Gasteiger partial charge is 0.105 e. The molecule has 16 heavy (non-hydrogen) atoms. The predicted molar refractivity (Wildman–Crippen MR) is 62.2 cm³/mol. The normalized spacial score (nSPS) is 28.8. The molecular formula is C14H18O2. The molecule has 1 N–H and O–H groups in total. The van der Waals surface area contributed by atoms with E-state index in [9.17, 15) is 5.11 Å². The minimum atomic E-state index is -0.427. The van der Waals surface area contributed by atoms with Gasteiger partial charge in [-0.2, -0.15) is 0 Å². The van der Waals surface area contributed by atoms with Crippen molar-refractivity contribution in [2.75, 3.05) is 6.61 Å². The fourth-order valence-electron chi connectivity index (χ4n) is 2.42. The average Bonchev–Trinajstić information content (AvgIpc) is 3.13. The Bertz CT molecular complexity index is 371. The summed E-state index contributed by atoms with van der Waals surface area (Å²) in [6.45, 7) is 0.837. The van der Waals surface area contributed by atoms with Crippen LogP contribution in [0, 0.1) is 5.92 Å². The Morgan fingerprint density at radius 3 is 2.81 bits per heavy atom. The number of aliphatic hydroxyl groups is 1. The number of hydrogen-bond acceptors (Lipinski definition) is 2. The van der Waals surface area contributed by atoms with Gasteiger partial charge in [-0.3, -0.25) is 0 Å². The lowest BCUT2D eigenvalue weighted by Crippen LogP contribution is -2.28. The van der Waals surface area contributed by atoms with Crippen molar-refractivity contribution in [1.29, 1.82) is 0 Å². The molecule has 0 spiro atoms. The maximum absolute atomic E-state index is 10.2. The lowest BCUT2D eigenvalue weighted by molar-refractivity contribution is -0.0519. The average molecular weight is 218 g/mol. The van der Waals surface area contributed by atoms with E-state index in [1.165, 1.54) is 18.4 Å². The first-order chi connectivity index (χ1) is 7.84. The van der Waals surface area contributed by atoms with E-state index in [1.807, 2.05) is 18.2 Å². The molecule has 86 valence electrons. The molecule has 0 heterocycles. The second kappa shape index (κ2) is 4.19. The third-order valence-electron chi connectivity index (χ3n) is 3.67. The number of benzene rings is 1. The first-order valence-corrected chi connectivity index (χ1v) is 6.22. The standard InChI is InChI=1S/C14H18O2/c15-14-12-4-2-1-3-11(12)7-8-13(14)16-9-10-5-6-10/h1-4,10,13-15H,5-9H2. The van der Waals surface area contributed by atoms with Crippen LogP contribution in [0.3, 0.4) is 0 Å². The van der Waals surface area contributed by atoms with Gasteiger partial charge in [0.15, 0.2) is 0 Å². The summed E-state index contributed by atoms with van der Waals surface area (Å²) >= 11 is 0. The van der Waals surface area contributed by atoms with Crippen LogP contribution in [-0.2, 0) is 11.2 Å². The van der Waals surface area contributed by atoms with E-state index in [2.05, 4.69) is 6.07 Å². The van der Waals surface area contributed by atoms with E-state index in [4.69, 9.17) is 4.74 Å². The van der Waals surface area contributed by atoms with Crippen LogP contribution >= 0.6 is 0 Å². The highest BCUT2D eigenvalue weighted by molar-refractivity contribution is 5.32. The van der Waals surface area contributed by atoms with E-state index in [0.717, 1.165) is 30.9 Å². The Morgan fingerprint density at radius 1 is 1.19 bits per heavy atom. The van der Waals surface area contributed by atoms with Gasteiger partial charge in [0.1, 0.15) is 6.10 Å². The van der Waals surface area contributed by atoms with Gasteiger partial charge >= 0.3 is 0 Å². The maximum Gasteiger partial charge on any atom is 0.105 e. The molecule has 1 fully saturated rings. The molecular weight excluding hydrogens is 200 g/mol. The molecule has 0 radical (unpaired) electrons. The minimum Gasteiger partial charge on any atom is -0.386 e. The second-order valence-electron chi connectivity index (χ2n) is 5.00. The zero-order valence-electron chi connectivity index (χ0n) is 9.43. The van der Waals surface area contributed by atoms with E-state index in [1.54, 1.807) is 0 Å². The van der Waals surface area contributed by atoms with Crippen molar-refractivity contribution in [3.8, 4) is 0 Å². The van der Waals surface area contributed by atoms with Gasteiger partial charge in [-0.1, -0.05) is 24.3 Å². The van der Waals surface area contributed by atoms with E-state index >= 15 is 0 Å². The van der Waals surface area contributed by atoms with Crippen LogP contribution in [0.25, 0.3) is 0 Å². The Morgan fingerprint density at radius 2 is 2.00 bits per heavy atom. The summed E-state index contributed by atoms with van der Waals surface area (Å²) in [5, 5.41) is 10.2. The molecule has 1 aromatic carbocycles. The summed E-state index contributed by atoms with van der Waals surface area (Å²) in [4.78, 5) is 0. The van der Waals surface area contributed by atoms with Crippen LogP contribution in [0.5, 0.6) is 0 Å². The number of aryl methyl sites for hydroxylation is 1. The quantitative estimate of drug-likeness (QED) is 0.844. The summed E-state index contributed by atoms with van der Waals surface area (Å²) < 4.78 is 5.83. The summed E-state index contributed by atoms with van der Waals surface area (Å²) in [5.41, 5.74) is 2.34. The monoisotopic (exact) mass is 218 g/mol. The Labute approximate surface area is 96.2 Å². The van der Waals surface area contributed by atoms with Crippen molar-refractivity contribution in [3.63, 3.8) is 0 Å². The molecule has 0 aliphatic heterocycles. The van der Waals surface area contributed by atoms with Crippen molar-refractivity contribution < 1.29 is 9.84 Å². The molecule has 1 aromatic rings. The fourth-order valence-corrected chi connectivity index (χ4v) is 2.42. The zero-order chi connectivity index (χ0) is 11.0. The summed E-state index contributed by atoms with van der Waals surface area (Å²) in [6.07, 6.45) is 4.17. The highest BCUT2D eigenvalue weighted by Gasteiger charge is 2.30. The molecule has 3 rings (SSSR count). The molecule has 2 nitrogen and oxygen atoms in total. The van der Waals surface area contributed by atoms with Gasteiger partial charge in [0.2, 0.25) is 0 Å². The van der Waals surface area contributed by atoms with Crippen LogP contribution in [0.2, 0.25) is 0 Å². The minimum absolute atomic E-state index is 0.00972. The molecule has 0 aromatic heterocycles. The number of aliphatic hydroxyl groups excluding tert-OH is 1. The highest BCUT2D eigenvalue weighted by atomic mass is 16.5. The van der Waals surface area contributed by atoms with E-state index in [-0.39, 0.29) is 6.10 Å². The third-order valence-corrected chi connectivity index (χ3v) is 3.67. The Kier molecular flexibility index (Phi) is 2.70. The Balaban J connectivity index is 1.70. The number of fused-ring (bicyclic) bond motifs is 1. The maximum atomic E-state index is 10.2. The molecule has 0 bridgehead atoms. The zero-order valence-corrected chi connectivity index (χ0v) is 9.43. The van der Waals surface area contributed by atoms with Crippen molar-refractivity contribution >= 4 is 0 Å². The summed E-state index contributed by atoms with van der Waals surface area (Å²) in [6, 6.07) is 8.16. The highest BCUT2D eigenvalue weighted by Crippen LogP contribution is 2.34. The van der Waals surface area contributed by atoms with E-state index in [0.29, 0.717) is 0 Å². The second-order valence-corrected chi connectivity index (χ2v) is 5.00. The molecule has 2 unspecified atom stereocenters. The lowest BCUT2D eigenvalue weighted by Gasteiger charge is -2.30. The lowest BCUT2D eigenvalue weighted by atomic mass is 9.87. The van der Waals surface area contributed by atoms with E-state index < -0.39 is 6.10 Å². The number of ether oxygens (including phenoxy) is 1. The Hall–Kier alpha value is -0.860. The van der Waals surface area contributed by atoms with Gasteiger partial charge in [0.25, 0.3) is 0 Å². The molecule has 0 saturated heterocycles. The SMILES string of the molecule is OC1c2ccccc2CCC1OCC1CC1. The van der Waals surface area contributed by atoms with Crippen LogP contribution in [0.15, 0.2) is 24.3 Å². The van der Waals surface area contributed by atoms with Gasteiger partial charge in [0, 0.05) is 6.61 Å². The molecule has 0 amide bonds. The van der Waals surface area contributed by atoms with Crippen molar-refractivity contribution in [1.82, 2.24) is 0 Å². The van der Waals surface area contributed by atoms with Gasteiger partial charge in [-0.25, -0.2) is 0 Å². The van der Waals surface area contributed by atoms with Crippen molar-refractivity contribution in [2.45, 2.75) is 37.9 Å². The molecule has 2 aliphatic carbocycles. The largest absolute Gasteiger partial charge is 0.386 e.